The SMILES string of the molecule is N#Cc1ncc(Br)c2cc[nH]c12.On1cc2nccc-2c(Br)c1. The van der Waals surface area contributed by atoms with Crippen LogP contribution in [-0.4, -0.2) is 24.9 Å². The summed E-state index contributed by atoms with van der Waals surface area (Å²) in [6, 6.07) is 5.81. The molecule has 0 spiro atoms. The highest BCUT2D eigenvalue weighted by molar-refractivity contribution is 9.11. The molecule has 114 valence electrons. The third-order valence-electron chi connectivity index (χ3n) is 3.14. The van der Waals surface area contributed by atoms with Crippen LogP contribution in [0.5, 0.6) is 0 Å². The Morgan fingerprint density at radius 1 is 1.17 bits per heavy atom. The maximum Gasteiger partial charge on any atom is 0.164 e. The number of rotatable bonds is 0. The number of nitrogens with zero attached hydrogens (tertiary/aromatic N) is 4. The normalized spacial score (nSPS) is 10.3. The zero-order chi connectivity index (χ0) is 16.4. The Bertz CT molecular complexity index is 985. The minimum absolute atomic E-state index is 0.429. The largest absolute Gasteiger partial charge is 0.429 e. The average molecular weight is 435 g/mol. The molecule has 0 saturated carbocycles. The van der Waals surface area contributed by atoms with Crippen LogP contribution in [0.4, 0.5) is 0 Å². The summed E-state index contributed by atoms with van der Waals surface area (Å²) in [4.78, 5) is 11.0. The Hall–Kier alpha value is -2.37. The van der Waals surface area contributed by atoms with Gasteiger partial charge in [0, 0.05) is 38.5 Å². The number of pyridine rings is 2. The number of fused-ring (bicyclic) bond motifs is 2. The smallest absolute Gasteiger partial charge is 0.164 e. The molecule has 0 fully saturated rings. The molecule has 0 atom stereocenters. The summed E-state index contributed by atoms with van der Waals surface area (Å²) in [5, 5.41) is 18.8. The molecule has 0 saturated heterocycles. The summed E-state index contributed by atoms with van der Waals surface area (Å²) in [6.07, 6.45) is 8.26. The van der Waals surface area contributed by atoms with E-state index in [4.69, 9.17) is 10.5 Å². The number of aromatic amines is 1. The summed E-state index contributed by atoms with van der Waals surface area (Å²) in [5.74, 6) is 0. The number of aromatic nitrogens is 4. The average Bonchev–Trinajstić information content (AvgIpc) is 3.17. The van der Waals surface area contributed by atoms with Crippen molar-refractivity contribution in [1.82, 2.24) is 19.7 Å². The molecule has 0 aromatic carbocycles. The van der Waals surface area contributed by atoms with Crippen molar-refractivity contribution in [3.63, 3.8) is 0 Å². The van der Waals surface area contributed by atoms with Gasteiger partial charge in [-0.2, -0.15) is 9.99 Å². The first kappa shape index (κ1) is 15.5. The van der Waals surface area contributed by atoms with Crippen molar-refractivity contribution >= 4 is 42.8 Å². The molecule has 0 bridgehead atoms. The molecule has 8 heteroatoms. The van der Waals surface area contributed by atoms with Crippen LogP contribution in [0.15, 0.2) is 52.1 Å². The van der Waals surface area contributed by atoms with E-state index in [1.54, 1.807) is 31.0 Å². The summed E-state index contributed by atoms with van der Waals surface area (Å²) in [6.45, 7) is 0. The van der Waals surface area contributed by atoms with E-state index in [-0.39, 0.29) is 0 Å². The van der Waals surface area contributed by atoms with Gasteiger partial charge in [-0.1, -0.05) is 0 Å². The van der Waals surface area contributed by atoms with E-state index in [0.29, 0.717) is 5.69 Å². The molecule has 4 heterocycles. The van der Waals surface area contributed by atoms with Gasteiger partial charge in [0.2, 0.25) is 0 Å². The second-order valence-corrected chi connectivity index (χ2v) is 6.27. The van der Waals surface area contributed by atoms with Gasteiger partial charge in [-0.25, -0.2) is 4.98 Å². The molecule has 2 aliphatic heterocycles. The quantitative estimate of drug-likeness (QED) is 0.406. The maximum absolute atomic E-state index is 9.08. The van der Waals surface area contributed by atoms with E-state index in [9.17, 15) is 0 Å². The van der Waals surface area contributed by atoms with Gasteiger partial charge in [0.15, 0.2) is 5.69 Å². The highest BCUT2D eigenvalue weighted by atomic mass is 79.9. The van der Waals surface area contributed by atoms with Gasteiger partial charge in [0.25, 0.3) is 0 Å². The van der Waals surface area contributed by atoms with Crippen molar-refractivity contribution in [3.8, 4) is 17.3 Å². The fraction of sp³-hybridized carbons (Fsp3) is 0. The minimum atomic E-state index is 0.429. The van der Waals surface area contributed by atoms with Crippen molar-refractivity contribution in [2.24, 2.45) is 0 Å². The van der Waals surface area contributed by atoms with Crippen molar-refractivity contribution < 1.29 is 5.21 Å². The number of hydrogen-bond donors (Lipinski definition) is 2. The molecule has 2 N–H and O–H groups in total. The van der Waals surface area contributed by atoms with Gasteiger partial charge in [-0.05, 0) is 44.0 Å². The Kier molecular flexibility index (Phi) is 4.32. The van der Waals surface area contributed by atoms with Gasteiger partial charge >= 0.3 is 0 Å². The van der Waals surface area contributed by atoms with E-state index < -0.39 is 0 Å². The van der Waals surface area contributed by atoms with Crippen LogP contribution in [-0.2, 0) is 0 Å². The molecule has 2 aromatic heterocycles. The maximum atomic E-state index is 9.08. The summed E-state index contributed by atoms with van der Waals surface area (Å²) < 4.78 is 2.73. The zero-order valence-corrected chi connectivity index (χ0v) is 14.7. The van der Waals surface area contributed by atoms with Gasteiger partial charge in [-0.3, -0.25) is 4.98 Å². The Morgan fingerprint density at radius 3 is 2.78 bits per heavy atom. The van der Waals surface area contributed by atoms with Crippen LogP contribution >= 0.6 is 31.9 Å². The lowest BCUT2D eigenvalue weighted by atomic mass is 10.2. The van der Waals surface area contributed by atoms with Crippen LogP contribution < -0.4 is 0 Å². The van der Waals surface area contributed by atoms with Crippen molar-refractivity contribution in [3.05, 3.63) is 57.8 Å². The van der Waals surface area contributed by atoms with E-state index in [0.717, 1.165) is 35.8 Å². The third-order valence-corrected chi connectivity index (χ3v) is 4.41. The molecule has 0 amide bonds. The van der Waals surface area contributed by atoms with Crippen LogP contribution in [0.3, 0.4) is 0 Å². The molecule has 6 nitrogen and oxygen atoms in total. The topological polar surface area (TPSA) is 90.5 Å². The fourth-order valence-corrected chi connectivity index (χ4v) is 3.08. The van der Waals surface area contributed by atoms with Crippen LogP contribution in [0.2, 0.25) is 0 Å². The molecule has 23 heavy (non-hydrogen) atoms. The molecule has 2 aliphatic rings. The van der Waals surface area contributed by atoms with Crippen LogP contribution in [0.1, 0.15) is 5.69 Å². The Labute approximate surface area is 148 Å². The number of halogens is 2. The lowest BCUT2D eigenvalue weighted by Crippen LogP contribution is -1.93. The lowest BCUT2D eigenvalue weighted by molar-refractivity contribution is 0.184. The number of hydrogen-bond acceptors (Lipinski definition) is 4. The molecule has 0 radical (unpaired) electrons. The van der Waals surface area contributed by atoms with Gasteiger partial charge in [0.1, 0.15) is 6.07 Å². The third kappa shape index (κ3) is 3.06. The predicted molar refractivity (Wildman–Crippen MR) is 92.2 cm³/mol. The molecule has 0 unspecified atom stereocenters. The summed E-state index contributed by atoms with van der Waals surface area (Å²) >= 11 is 6.65. The van der Waals surface area contributed by atoms with Crippen LogP contribution in [0, 0.1) is 11.3 Å². The molecule has 0 aliphatic carbocycles. The first-order valence-corrected chi connectivity index (χ1v) is 8.02. The van der Waals surface area contributed by atoms with Gasteiger partial charge in [-0.15, -0.1) is 0 Å². The van der Waals surface area contributed by atoms with E-state index in [2.05, 4.69) is 46.8 Å². The highest BCUT2D eigenvalue weighted by Crippen LogP contribution is 2.27. The fourth-order valence-electron chi connectivity index (χ4n) is 2.10. The van der Waals surface area contributed by atoms with Crippen molar-refractivity contribution in [2.75, 3.05) is 0 Å². The highest BCUT2D eigenvalue weighted by Gasteiger charge is 2.08. The lowest BCUT2D eigenvalue weighted by Gasteiger charge is -2.02. The van der Waals surface area contributed by atoms with Crippen molar-refractivity contribution in [1.29, 1.82) is 5.26 Å². The van der Waals surface area contributed by atoms with Crippen molar-refractivity contribution in [2.45, 2.75) is 0 Å². The Balaban J connectivity index is 0.000000136. The van der Waals surface area contributed by atoms with E-state index in [1.807, 2.05) is 18.2 Å². The van der Waals surface area contributed by atoms with Gasteiger partial charge < -0.3 is 10.2 Å². The second-order valence-electron chi connectivity index (χ2n) is 4.56. The molecule has 4 rings (SSSR count). The first-order valence-electron chi connectivity index (χ1n) is 6.43. The zero-order valence-electron chi connectivity index (χ0n) is 11.5. The first-order chi connectivity index (χ1) is 11.1. The summed E-state index contributed by atoms with van der Waals surface area (Å²) in [7, 11) is 0. The molecular weight excluding hydrogens is 426 g/mol. The number of H-pyrrole nitrogens is 1. The van der Waals surface area contributed by atoms with Crippen LogP contribution in [0.25, 0.3) is 22.2 Å². The van der Waals surface area contributed by atoms with E-state index >= 15 is 0 Å². The monoisotopic (exact) mass is 433 g/mol. The summed E-state index contributed by atoms with van der Waals surface area (Å²) in [5.41, 5.74) is 3.00. The Morgan fingerprint density at radius 2 is 2.00 bits per heavy atom. The number of nitrogens with one attached hydrogen (secondary N) is 1. The number of nitriles is 1. The molecule has 2 aromatic rings. The minimum Gasteiger partial charge on any atom is -0.429 e. The van der Waals surface area contributed by atoms with E-state index in [1.165, 1.54) is 0 Å². The molecular formula is C15H9Br2N5O. The standard InChI is InChI=1S/C8H4BrN3.C7H5BrN2O/c9-6-4-12-7(3-10)8-5(6)1-2-11-8;8-6-3-10(11)4-7-5(6)1-2-9-7/h1-2,4,11H;1-4,11H. The van der Waals surface area contributed by atoms with Gasteiger partial charge in [0.05, 0.1) is 23.6 Å². The second kappa shape index (κ2) is 6.40. The predicted octanol–water partition coefficient (Wildman–Crippen LogP) is 4.18.